The number of aromatic nitrogens is 1. The smallest absolute Gasteiger partial charge is 0.303 e. The predicted molar refractivity (Wildman–Crippen MR) is 100 cm³/mol. The molecule has 0 atom stereocenters. The average Bonchev–Trinajstić information content (AvgIpc) is 3.18. The van der Waals surface area contributed by atoms with Gasteiger partial charge >= 0.3 is 5.97 Å². The molecule has 0 fully saturated rings. The van der Waals surface area contributed by atoms with Gasteiger partial charge in [0.15, 0.2) is 10.4 Å². The number of aliphatic carboxylic acids is 1. The van der Waals surface area contributed by atoms with E-state index in [4.69, 9.17) is 15.3 Å². The molecule has 3 aromatic rings. The molecular weight excluding hydrogens is 400 g/mol. The van der Waals surface area contributed by atoms with Gasteiger partial charge in [-0.15, -0.1) is 0 Å². The molecule has 134 valence electrons. The lowest BCUT2D eigenvalue weighted by Gasteiger charge is -2.15. The zero-order valence-corrected chi connectivity index (χ0v) is 15.6. The van der Waals surface area contributed by atoms with E-state index in [9.17, 15) is 9.59 Å². The summed E-state index contributed by atoms with van der Waals surface area (Å²) in [5.41, 5.74) is 9.10. The molecule has 0 aliphatic rings. The maximum atomic E-state index is 11.4. The molecule has 1 aromatic carbocycles. The summed E-state index contributed by atoms with van der Waals surface area (Å²) in [6.45, 7) is 1.88. The van der Waals surface area contributed by atoms with Crippen molar-refractivity contribution in [3.63, 3.8) is 0 Å². The van der Waals surface area contributed by atoms with Crippen LogP contribution in [-0.4, -0.2) is 21.6 Å². The van der Waals surface area contributed by atoms with E-state index in [1.54, 1.807) is 24.3 Å². The first-order valence-electron chi connectivity index (χ1n) is 7.96. The molecule has 3 N–H and O–H groups in total. The van der Waals surface area contributed by atoms with Gasteiger partial charge < -0.3 is 19.8 Å². The highest BCUT2D eigenvalue weighted by Crippen LogP contribution is 2.31. The Kier molecular flexibility index (Phi) is 4.99. The summed E-state index contributed by atoms with van der Waals surface area (Å²) in [5.74, 6) is -0.703. The molecule has 6 nitrogen and oxygen atoms in total. The molecule has 0 radical (unpaired) electrons. The number of nitrogens with two attached hydrogens (primary N) is 1. The Balaban J connectivity index is 2.15. The van der Waals surface area contributed by atoms with E-state index < -0.39 is 11.9 Å². The predicted octanol–water partition coefficient (Wildman–Crippen LogP) is 3.92. The Morgan fingerprint density at radius 3 is 2.54 bits per heavy atom. The normalized spacial score (nSPS) is 10.8. The first kappa shape index (κ1) is 18.0. The van der Waals surface area contributed by atoms with E-state index in [1.807, 2.05) is 29.7 Å². The number of hydrogen-bond acceptors (Lipinski definition) is 3. The largest absolute Gasteiger partial charge is 0.481 e. The Morgan fingerprint density at radius 1 is 1.19 bits per heavy atom. The summed E-state index contributed by atoms with van der Waals surface area (Å²) < 4.78 is 8.24. The zero-order valence-electron chi connectivity index (χ0n) is 14.0. The molecule has 0 bridgehead atoms. The number of benzene rings is 1. The van der Waals surface area contributed by atoms with E-state index >= 15 is 0 Å². The molecule has 0 saturated carbocycles. The van der Waals surface area contributed by atoms with Crippen LogP contribution in [0.2, 0.25) is 0 Å². The maximum absolute atomic E-state index is 11.4. The van der Waals surface area contributed by atoms with Crippen LogP contribution in [0.4, 0.5) is 0 Å². The van der Waals surface area contributed by atoms with Crippen molar-refractivity contribution in [3.05, 3.63) is 64.0 Å². The van der Waals surface area contributed by atoms with Crippen molar-refractivity contribution in [2.75, 3.05) is 0 Å². The van der Waals surface area contributed by atoms with Crippen molar-refractivity contribution in [1.29, 1.82) is 0 Å². The highest BCUT2D eigenvalue weighted by atomic mass is 79.9. The van der Waals surface area contributed by atoms with Crippen LogP contribution in [-0.2, 0) is 11.2 Å². The van der Waals surface area contributed by atoms with E-state index in [0.29, 0.717) is 22.4 Å². The van der Waals surface area contributed by atoms with Gasteiger partial charge in [-0.3, -0.25) is 9.59 Å². The minimum atomic E-state index is -0.860. The Labute approximate surface area is 158 Å². The fourth-order valence-electron chi connectivity index (χ4n) is 2.90. The first-order valence-corrected chi connectivity index (χ1v) is 8.75. The Morgan fingerprint density at radius 2 is 1.96 bits per heavy atom. The summed E-state index contributed by atoms with van der Waals surface area (Å²) in [5, 5.41) is 9.03. The fraction of sp³-hybridized carbons (Fsp3) is 0.158. The number of carbonyl (C=O) groups is 2. The van der Waals surface area contributed by atoms with Gasteiger partial charge in [0.2, 0.25) is 5.91 Å². The van der Waals surface area contributed by atoms with Gasteiger partial charge in [0.05, 0.1) is 12.1 Å². The second kappa shape index (κ2) is 7.21. The van der Waals surface area contributed by atoms with Gasteiger partial charge in [-0.25, -0.2) is 0 Å². The minimum absolute atomic E-state index is 0.0176. The van der Waals surface area contributed by atoms with Crippen LogP contribution < -0.4 is 5.73 Å². The summed E-state index contributed by atoms with van der Waals surface area (Å²) in [6, 6.07) is 12.6. The molecule has 7 heteroatoms. The molecule has 0 unspecified atom stereocenters. The minimum Gasteiger partial charge on any atom is -0.481 e. The van der Waals surface area contributed by atoms with Crippen LogP contribution >= 0.6 is 15.9 Å². The van der Waals surface area contributed by atoms with Crippen molar-refractivity contribution >= 4 is 27.8 Å². The number of primary amides is 1. The van der Waals surface area contributed by atoms with Crippen molar-refractivity contribution in [3.8, 4) is 17.1 Å². The van der Waals surface area contributed by atoms with E-state index in [2.05, 4.69) is 15.9 Å². The van der Waals surface area contributed by atoms with Crippen LogP contribution in [0.15, 0.2) is 51.6 Å². The molecule has 26 heavy (non-hydrogen) atoms. The first-order chi connectivity index (χ1) is 12.4. The monoisotopic (exact) mass is 416 g/mol. The van der Waals surface area contributed by atoms with E-state index in [0.717, 1.165) is 22.6 Å². The molecule has 0 spiro atoms. The number of hydrogen-bond donors (Lipinski definition) is 2. The third-order valence-corrected chi connectivity index (χ3v) is 4.53. The van der Waals surface area contributed by atoms with Crippen molar-refractivity contribution < 1.29 is 19.1 Å². The lowest BCUT2D eigenvalue weighted by atomic mass is 10.1. The van der Waals surface area contributed by atoms with E-state index in [1.165, 1.54) is 0 Å². The zero-order chi connectivity index (χ0) is 18.8. The molecule has 0 saturated heterocycles. The molecule has 0 aliphatic heterocycles. The van der Waals surface area contributed by atoms with Gasteiger partial charge in [-0.05, 0) is 77.3 Å². The third-order valence-electron chi connectivity index (χ3n) is 4.10. The van der Waals surface area contributed by atoms with Crippen LogP contribution in [0.5, 0.6) is 0 Å². The number of amides is 1. The molecule has 2 heterocycles. The van der Waals surface area contributed by atoms with Crippen LogP contribution in [0.1, 0.15) is 28.0 Å². The average molecular weight is 417 g/mol. The molecule has 1 amide bonds. The number of carboxylic acid groups (broad SMARTS) is 1. The highest BCUT2D eigenvalue weighted by molar-refractivity contribution is 9.10. The fourth-order valence-corrected chi connectivity index (χ4v) is 3.20. The maximum Gasteiger partial charge on any atom is 0.303 e. The molecule has 0 aliphatic carbocycles. The summed E-state index contributed by atoms with van der Waals surface area (Å²) in [7, 11) is 0. The number of carbonyl (C=O) groups excluding carboxylic acids is 1. The van der Waals surface area contributed by atoms with Crippen LogP contribution in [0.3, 0.4) is 0 Å². The standard InChI is InChI=1S/C19H17BrN2O4/c1-11-10-12(19(21)25)2-5-14(11)22-13(4-9-18(23)24)3-6-15(22)16-7-8-17(20)26-16/h2-3,5-8,10H,4,9H2,1H3,(H2,21,25)(H,23,24). The lowest BCUT2D eigenvalue weighted by Crippen LogP contribution is -2.12. The summed E-state index contributed by atoms with van der Waals surface area (Å²) in [6.07, 6.45) is 0.387. The molecular formula is C19H17BrN2O4. The third kappa shape index (κ3) is 3.57. The van der Waals surface area contributed by atoms with Crippen molar-refractivity contribution in [1.82, 2.24) is 4.57 Å². The van der Waals surface area contributed by atoms with Gasteiger partial charge in [0, 0.05) is 16.9 Å². The van der Waals surface area contributed by atoms with Gasteiger partial charge in [-0.2, -0.15) is 0 Å². The quantitative estimate of drug-likeness (QED) is 0.635. The topological polar surface area (TPSA) is 98.5 Å². The van der Waals surface area contributed by atoms with Crippen LogP contribution in [0, 0.1) is 6.92 Å². The second-order valence-corrected chi connectivity index (χ2v) is 6.69. The Hall–Kier alpha value is -2.80. The number of furan rings is 1. The molecule has 3 rings (SSSR count). The number of nitrogens with zero attached hydrogens (tertiary/aromatic N) is 1. The Bertz CT molecular complexity index is 987. The van der Waals surface area contributed by atoms with Gasteiger partial charge in [0.1, 0.15) is 0 Å². The SMILES string of the molecule is Cc1cc(C(N)=O)ccc1-n1c(CCC(=O)O)ccc1-c1ccc(Br)o1. The summed E-state index contributed by atoms with van der Waals surface area (Å²) >= 11 is 3.30. The molecule has 2 aromatic heterocycles. The second-order valence-electron chi connectivity index (χ2n) is 5.91. The summed E-state index contributed by atoms with van der Waals surface area (Å²) in [4.78, 5) is 22.4. The number of halogens is 1. The number of rotatable bonds is 6. The number of carboxylic acids is 1. The van der Waals surface area contributed by atoms with Crippen molar-refractivity contribution in [2.24, 2.45) is 5.73 Å². The van der Waals surface area contributed by atoms with Gasteiger partial charge in [0.25, 0.3) is 0 Å². The number of aryl methyl sites for hydroxylation is 2. The van der Waals surface area contributed by atoms with E-state index in [-0.39, 0.29) is 6.42 Å². The van der Waals surface area contributed by atoms with Crippen molar-refractivity contribution in [2.45, 2.75) is 19.8 Å². The lowest BCUT2D eigenvalue weighted by molar-refractivity contribution is -0.136. The van der Waals surface area contributed by atoms with Crippen LogP contribution in [0.25, 0.3) is 17.1 Å². The highest BCUT2D eigenvalue weighted by Gasteiger charge is 2.17. The van der Waals surface area contributed by atoms with Gasteiger partial charge in [-0.1, -0.05) is 0 Å².